The lowest BCUT2D eigenvalue weighted by Crippen LogP contribution is -2.30. The van der Waals surface area contributed by atoms with Crippen molar-refractivity contribution in [1.29, 1.82) is 0 Å². The summed E-state index contributed by atoms with van der Waals surface area (Å²) < 4.78 is 0. The number of carbonyl (C=O) groups is 1. The molecular weight excluding hydrogens is 334 g/mol. The van der Waals surface area contributed by atoms with Crippen LogP contribution in [-0.2, 0) is 0 Å². The maximum atomic E-state index is 12.7. The third kappa shape index (κ3) is 5.28. The fourth-order valence-electron chi connectivity index (χ4n) is 2.55. The Labute approximate surface area is 153 Å². The van der Waals surface area contributed by atoms with Crippen LogP contribution in [0.4, 0.5) is 0 Å². The third-order valence-electron chi connectivity index (χ3n) is 3.91. The molecule has 0 aliphatic carbocycles. The molecule has 0 bridgehead atoms. The van der Waals surface area contributed by atoms with Crippen LogP contribution >= 0.6 is 11.6 Å². The number of hydrogen-bond donors (Lipinski definition) is 2. The number of amides is 1. The van der Waals surface area contributed by atoms with Crippen molar-refractivity contribution in [2.75, 3.05) is 6.54 Å². The molecule has 2 aromatic rings. The molecular formula is C20H22ClN3O. The molecule has 0 heterocycles. The van der Waals surface area contributed by atoms with Crippen molar-refractivity contribution in [3.63, 3.8) is 0 Å². The van der Waals surface area contributed by atoms with Gasteiger partial charge in [0.1, 0.15) is 0 Å². The van der Waals surface area contributed by atoms with E-state index in [0.29, 0.717) is 23.6 Å². The minimum Gasteiger partial charge on any atom is -0.345 e. The van der Waals surface area contributed by atoms with Gasteiger partial charge < -0.3 is 11.1 Å². The highest BCUT2D eigenvalue weighted by Gasteiger charge is 2.16. The van der Waals surface area contributed by atoms with Gasteiger partial charge >= 0.3 is 0 Å². The molecule has 0 radical (unpaired) electrons. The Morgan fingerprint density at radius 2 is 2.16 bits per heavy atom. The summed E-state index contributed by atoms with van der Waals surface area (Å²) in [7, 11) is 0. The number of hydrogen-bond acceptors (Lipinski definition) is 3. The molecule has 0 aliphatic rings. The van der Waals surface area contributed by atoms with Crippen molar-refractivity contribution in [3.8, 4) is 0 Å². The highest BCUT2D eigenvalue weighted by Crippen LogP contribution is 2.21. The largest absolute Gasteiger partial charge is 0.345 e. The molecule has 0 fully saturated rings. The quantitative estimate of drug-likeness (QED) is 0.733. The zero-order chi connectivity index (χ0) is 18.2. The molecule has 2 rings (SSSR count). The first-order valence-corrected chi connectivity index (χ1v) is 8.42. The fraction of sp³-hybridized carbons (Fsp3) is 0.200. The summed E-state index contributed by atoms with van der Waals surface area (Å²) >= 11 is 6.06. The van der Waals surface area contributed by atoms with E-state index in [-0.39, 0.29) is 11.9 Å². The molecule has 1 atom stereocenters. The van der Waals surface area contributed by atoms with Gasteiger partial charge in [0.2, 0.25) is 0 Å². The first-order valence-electron chi connectivity index (χ1n) is 8.04. The SMILES string of the molecule is C=N/C=C\c1cc(C(=O)NC(CCN)c2cccc(Cl)c2)ccc1C. The van der Waals surface area contributed by atoms with Crippen LogP contribution in [-0.4, -0.2) is 19.2 Å². The monoisotopic (exact) mass is 355 g/mol. The van der Waals surface area contributed by atoms with Crippen molar-refractivity contribution in [3.05, 3.63) is 75.9 Å². The van der Waals surface area contributed by atoms with Crippen molar-refractivity contribution >= 4 is 30.3 Å². The summed E-state index contributed by atoms with van der Waals surface area (Å²) in [6.07, 6.45) is 4.06. The lowest BCUT2D eigenvalue weighted by atomic mass is 10.0. The topological polar surface area (TPSA) is 67.5 Å². The molecule has 0 saturated carbocycles. The number of aryl methyl sites for hydroxylation is 1. The number of aliphatic imine (C=N–C) groups is 1. The Kier molecular flexibility index (Phi) is 6.92. The number of nitrogens with two attached hydrogens (primary N) is 1. The summed E-state index contributed by atoms with van der Waals surface area (Å²) in [6.45, 7) is 5.87. The summed E-state index contributed by atoms with van der Waals surface area (Å²) in [4.78, 5) is 16.4. The molecule has 5 heteroatoms. The average Bonchev–Trinajstić information content (AvgIpc) is 2.60. The van der Waals surface area contributed by atoms with Gasteiger partial charge in [0.15, 0.2) is 0 Å². The van der Waals surface area contributed by atoms with Gasteiger partial charge in [0.05, 0.1) is 6.04 Å². The number of nitrogens with one attached hydrogen (secondary N) is 1. The van der Waals surface area contributed by atoms with E-state index in [4.69, 9.17) is 17.3 Å². The lowest BCUT2D eigenvalue weighted by molar-refractivity contribution is 0.0935. The van der Waals surface area contributed by atoms with Gasteiger partial charge in [-0.2, -0.15) is 0 Å². The van der Waals surface area contributed by atoms with Crippen LogP contribution in [0.25, 0.3) is 6.08 Å². The first-order chi connectivity index (χ1) is 12.0. The predicted molar refractivity (Wildman–Crippen MR) is 105 cm³/mol. The van der Waals surface area contributed by atoms with E-state index in [1.54, 1.807) is 18.3 Å². The van der Waals surface area contributed by atoms with E-state index in [9.17, 15) is 4.79 Å². The molecule has 0 aliphatic heterocycles. The molecule has 0 spiro atoms. The number of carbonyl (C=O) groups excluding carboxylic acids is 1. The molecule has 130 valence electrons. The van der Waals surface area contributed by atoms with Crippen LogP contribution in [0, 0.1) is 6.92 Å². The van der Waals surface area contributed by atoms with Gasteiger partial charge in [-0.25, -0.2) is 0 Å². The van der Waals surface area contributed by atoms with Crippen LogP contribution < -0.4 is 11.1 Å². The maximum Gasteiger partial charge on any atom is 0.251 e. The summed E-state index contributed by atoms with van der Waals surface area (Å²) in [6, 6.07) is 12.8. The molecule has 25 heavy (non-hydrogen) atoms. The van der Waals surface area contributed by atoms with Crippen LogP contribution in [0.3, 0.4) is 0 Å². The third-order valence-corrected chi connectivity index (χ3v) is 4.15. The summed E-state index contributed by atoms with van der Waals surface area (Å²) in [5, 5.41) is 3.68. The lowest BCUT2D eigenvalue weighted by Gasteiger charge is -2.19. The summed E-state index contributed by atoms with van der Waals surface area (Å²) in [5.41, 5.74) is 9.22. The Balaban J connectivity index is 2.23. The van der Waals surface area contributed by atoms with Crippen LogP contribution in [0.2, 0.25) is 5.02 Å². The Bertz CT molecular complexity index is 786. The zero-order valence-corrected chi connectivity index (χ0v) is 15.0. The molecule has 0 aromatic heterocycles. The van der Waals surface area contributed by atoms with Crippen LogP contribution in [0.5, 0.6) is 0 Å². The maximum absolute atomic E-state index is 12.7. The average molecular weight is 356 g/mol. The van der Waals surface area contributed by atoms with E-state index in [1.165, 1.54) is 0 Å². The van der Waals surface area contributed by atoms with Crippen molar-refractivity contribution in [1.82, 2.24) is 5.32 Å². The Morgan fingerprint density at radius 1 is 1.36 bits per heavy atom. The minimum atomic E-state index is -0.189. The van der Waals surface area contributed by atoms with Crippen molar-refractivity contribution in [2.45, 2.75) is 19.4 Å². The smallest absolute Gasteiger partial charge is 0.251 e. The zero-order valence-electron chi connectivity index (χ0n) is 14.2. The molecule has 2 aromatic carbocycles. The highest BCUT2D eigenvalue weighted by molar-refractivity contribution is 6.30. The second-order valence-corrected chi connectivity index (χ2v) is 6.16. The van der Waals surface area contributed by atoms with E-state index in [0.717, 1.165) is 16.7 Å². The van der Waals surface area contributed by atoms with Crippen molar-refractivity contribution < 1.29 is 4.79 Å². The number of nitrogens with zero attached hydrogens (tertiary/aromatic N) is 1. The molecule has 1 unspecified atom stereocenters. The van der Waals surface area contributed by atoms with Gasteiger partial charge in [-0.15, -0.1) is 0 Å². The molecule has 0 saturated heterocycles. The fourth-order valence-corrected chi connectivity index (χ4v) is 2.75. The van der Waals surface area contributed by atoms with Crippen LogP contribution in [0.1, 0.15) is 39.5 Å². The normalized spacial score (nSPS) is 12.1. The van der Waals surface area contributed by atoms with Gasteiger partial charge in [-0.3, -0.25) is 9.79 Å². The standard InChI is InChI=1S/C20H22ClN3O/c1-14-6-7-17(12-15(14)9-11-23-2)20(25)24-19(8-10-22)16-4-3-5-18(21)13-16/h3-7,9,11-13,19H,2,8,10,22H2,1H3,(H,24,25)/b11-9-. The van der Waals surface area contributed by atoms with E-state index < -0.39 is 0 Å². The predicted octanol–water partition coefficient (Wildman–Crippen LogP) is 4.14. The molecule has 4 nitrogen and oxygen atoms in total. The van der Waals surface area contributed by atoms with E-state index in [1.807, 2.05) is 43.3 Å². The molecule has 3 N–H and O–H groups in total. The number of rotatable bonds is 7. The molecule has 1 amide bonds. The summed E-state index contributed by atoms with van der Waals surface area (Å²) in [5.74, 6) is -0.153. The second kappa shape index (κ2) is 9.16. The van der Waals surface area contributed by atoms with E-state index >= 15 is 0 Å². The van der Waals surface area contributed by atoms with E-state index in [2.05, 4.69) is 17.0 Å². The Hall–Kier alpha value is -2.43. The van der Waals surface area contributed by atoms with Crippen molar-refractivity contribution in [2.24, 2.45) is 10.7 Å². The highest BCUT2D eigenvalue weighted by atomic mass is 35.5. The number of benzene rings is 2. The second-order valence-electron chi connectivity index (χ2n) is 5.73. The van der Waals surface area contributed by atoms with Gasteiger partial charge in [0, 0.05) is 16.8 Å². The Morgan fingerprint density at radius 3 is 2.84 bits per heavy atom. The minimum absolute atomic E-state index is 0.153. The van der Waals surface area contributed by atoms with Gasteiger partial charge in [-0.1, -0.05) is 29.8 Å². The van der Waals surface area contributed by atoms with Gasteiger partial charge in [-0.05, 0) is 73.6 Å². The first kappa shape index (κ1) is 18.9. The van der Waals surface area contributed by atoms with Gasteiger partial charge in [0.25, 0.3) is 5.91 Å². The van der Waals surface area contributed by atoms with Crippen LogP contribution in [0.15, 0.2) is 53.7 Å². The number of halogens is 1.